The molecule has 8 nitrogen and oxygen atoms in total. The van der Waals surface area contributed by atoms with Crippen LogP contribution in [-0.4, -0.2) is 35.0 Å². The van der Waals surface area contributed by atoms with E-state index in [1.54, 1.807) is 24.3 Å². The number of carboxylic acid groups (broad SMARTS) is 1. The molecule has 8 heteroatoms. The van der Waals surface area contributed by atoms with E-state index in [9.17, 15) is 24.0 Å². The lowest BCUT2D eigenvalue weighted by Gasteiger charge is -2.03. The van der Waals surface area contributed by atoms with Crippen LogP contribution >= 0.6 is 0 Å². The SMILES string of the molecule is CCCCCCCCCCCCCCCCCC(=O)O.O=C1CCC(=O)O1.O=C1OC(=O)c2ccccc21. The Hall–Kier alpha value is -3.03. The second kappa shape index (κ2) is 21.0. The van der Waals surface area contributed by atoms with Gasteiger partial charge in [-0.15, -0.1) is 0 Å². The molecule has 2 aliphatic heterocycles. The Bertz CT molecular complexity index is 830. The Morgan fingerprint density at radius 3 is 1.32 bits per heavy atom. The van der Waals surface area contributed by atoms with Crippen LogP contribution in [0.25, 0.3) is 0 Å². The molecule has 0 bridgehead atoms. The number of rotatable bonds is 16. The molecule has 0 spiro atoms. The van der Waals surface area contributed by atoms with E-state index in [0.717, 1.165) is 12.8 Å². The van der Waals surface area contributed by atoms with Crippen molar-refractivity contribution < 1.29 is 38.6 Å². The first-order valence-electron chi connectivity index (χ1n) is 14.2. The molecule has 1 N–H and O–H groups in total. The number of carboxylic acids is 1. The quantitative estimate of drug-likeness (QED) is 0.135. The number of aliphatic carboxylic acids is 1. The fourth-order valence-corrected chi connectivity index (χ4v) is 4.11. The highest BCUT2D eigenvalue weighted by Crippen LogP contribution is 2.18. The molecule has 3 rings (SSSR count). The van der Waals surface area contributed by atoms with E-state index in [1.807, 2.05) is 0 Å². The van der Waals surface area contributed by atoms with Crippen LogP contribution in [0.3, 0.4) is 0 Å². The molecule has 1 aromatic rings. The van der Waals surface area contributed by atoms with Gasteiger partial charge in [-0.1, -0.05) is 109 Å². The zero-order valence-corrected chi connectivity index (χ0v) is 22.8. The Morgan fingerprint density at radius 1 is 0.632 bits per heavy atom. The van der Waals surface area contributed by atoms with E-state index in [2.05, 4.69) is 16.4 Å². The molecule has 0 unspecified atom stereocenters. The van der Waals surface area contributed by atoms with Gasteiger partial charge in [0, 0.05) is 6.42 Å². The van der Waals surface area contributed by atoms with Gasteiger partial charge in [0.1, 0.15) is 0 Å². The third-order valence-corrected chi connectivity index (χ3v) is 6.31. The van der Waals surface area contributed by atoms with Crippen molar-refractivity contribution in [2.45, 2.75) is 122 Å². The summed E-state index contributed by atoms with van der Waals surface area (Å²) in [6.07, 6.45) is 20.7. The molecule has 2 aliphatic rings. The van der Waals surface area contributed by atoms with Crippen LogP contribution in [-0.2, 0) is 23.9 Å². The zero-order chi connectivity index (χ0) is 28.0. The van der Waals surface area contributed by atoms with E-state index >= 15 is 0 Å². The summed E-state index contributed by atoms with van der Waals surface area (Å²) in [6, 6.07) is 6.53. The average Bonchev–Trinajstić information content (AvgIpc) is 3.42. The van der Waals surface area contributed by atoms with Gasteiger partial charge in [0.05, 0.1) is 24.0 Å². The first kappa shape index (κ1) is 33.0. The minimum absolute atomic E-state index is 0.263. The lowest BCUT2D eigenvalue weighted by Crippen LogP contribution is -1.96. The largest absolute Gasteiger partial charge is 0.481 e. The predicted molar refractivity (Wildman–Crippen MR) is 144 cm³/mol. The molecule has 1 aromatic carbocycles. The number of benzene rings is 1. The average molecular weight is 533 g/mol. The molecule has 0 atom stereocenters. The van der Waals surface area contributed by atoms with Crippen molar-refractivity contribution in [3.63, 3.8) is 0 Å². The molecule has 0 aliphatic carbocycles. The normalized spacial score (nSPS) is 13.6. The van der Waals surface area contributed by atoms with Gasteiger partial charge < -0.3 is 14.6 Å². The fraction of sp³-hybridized carbons (Fsp3) is 0.633. The van der Waals surface area contributed by atoms with Crippen LogP contribution in [0.15, 0.2) is 24.3 Å². The topological polar surface area (TPSA) is 124 Å². The summed E-state index contributed by atoms with van der Waals surface area (Å²) in [5.41, 5.74) is 0.718. The summed E-state index contributed by atoms with van der Waals surface area (Å²) in [5, 5.41) is 8.52. The molecule has 0 amide bonds. The number of ether oxygens (including phenoxy) is 2. The fourth-order valence-electron chi connectivity index (χ4n) is 4.11. The molecular formula is C30H44O8. The standard InChI is InChI=1S/C18H36O2.C8H4O3.C4H4O3/c1-2-3-4-5-6-7-8-9-10-11-12-13-14-15-16-17-18(19)20;9-7-5-3-1-2-4-6(5)8(10)11-7;5-3-1-2-4(6)7-3/h2-17H2,1H3,(H,19,20);1-4H;1-2H2. The second-order valence-electron chi connectivity index (χ2n) is 9.66. The van der Waals surface area contributed by atoms with E-state index in [1.165, 1.54) is 83.5 Å². The maximum Gasteiger partial charge on any atom is 0.346 e. The Balaban J connectivity index is 0.000000328. The molecule has 1 saturated heterocycles. The number of hydrogen-bond acceptors (Lipinski definition) is 7. The highest BCUT2D eigenvalue weighted by Gasteiger charge is 2.28. The second-order valence-corrected chi connectivity index (χ2v) is 9.66. The highest BCUT2D eigenvalue weighted by atomic mass is 16.6. The Kier molecular flexibility index (Phi) is 18.2. The number of fused-ring (bicyclic) bond motifs is 1. The van der Waals surface area contributed by atoms with Crippen molar-refractivity contribution in [2.24, 2.45) is 0 Å². The summed E-state index contributed by atoms with van der Waals surface area (Å²) in [7, 11) is 0. The molecular weight excluding hydrogens is 488 g/mol. The lowest BCUT2D eigenvalue weighted by atomic mass is 10.0. The maximum absolute atomic E-state index is 10.8. The van der Waals surface area contributed by atoms with Gasteiger partial charge in [0.15, 0.2) is 0 Å². The summed E-state index contributed by atoms with van der Waals surface area (Å²) in [6.45, 7) is 2.27. The van der Waals surface area contributed by atoms with Crippen molar-refractivity contribution in [3.8, 4) is 0 Å². The Morgan fingerprint density at radius 2 is 1.00 bits per heavy atom. The van der Waals surface area contributed by atoms with Gasteiger partial charge in [-0.3, -0.25) is 14.4 Å². The van der Waals surface area contributed by atoms with Gasteiger partial charge in [-0.25, -0.2) is 9.59 Å². The monoisotopic (exact) mass is 532 g/mol. The summed E-state index contributed by atoms with van der Waals surface area (Å²) in [4.78, 5) is 52.0. The molecule has 0 radical (unpaired) electrons. The van der Waals surface area contributed by atoms with Gasteiger partial charge in [-0.2, -0.15) is 0 Å². The molecule has 2 heterocycles. The van der Waals surface area contributed by atoms with Crippen molar-refractivity contribution in [1.29, 1.82) is 0 Å². The van der Waals surface area contributed by atoms with E-state index in [0.29, 0.717) is 17.5 Å². The summed E-state index contributed by atoms with van der Waals surface area (Å²) >= 11 is 0. The van der Waals surface area contributed by atoms with Crippen LogP contribution in [0.5, 0.6) is 0 Å². The first-order chi connectivity index (χ1) is 18.3. The van der Waals surface area contributed by atoms with Gasteiger partial charge in [-0.05, 0) is 18.6 Å². The molecule has 0 saturated carbocycles. The maximum atomic E-state index is 10.8. The molecule has 1 fully saturated rings. The van der Waals surface area contributed by atoms with Crippen molar-refractivity contribution in [3.05, 3.63) is 35.4 Å². The minimum Gasteiger partial charge on any atom is -0.481 e. The van der Waals surface area contributed by atoms with Crippen molar-refractivity contribution in [1.82, 2.24) is 0 Å². The third kappa shape index (κ3) is 15.9. The number of hydrogen-bond donors (Lipinski definition) is 1. The van der Waals surface area contributed by atoms with Crippen LogP contribution in [0.1, 0.15) is 143 Å². The van der Waals surface area contributed by atoms with Gasteiger partial charge in [0.2, 0.25) is 0 Å². The van der Waals surface area contributed by atoms with Gasteiger partial charge in [0.25, 0.3) is 0 Å². The van der Waals surface area contributed by atoms with E-state index in [4.69, 9.17) is 5.11 Å². The van der Waals surface area contributed by atoms with Gasteiger partial charge >= 0.3 is 29.8 Å². The molecule has 212 valence electrons. The first-order valence-corrected chi connectivity index (χ1v) is 14.2. The molecule has 38 heavy (non-hydrogen) atoms. The number of esters is 4. The van der Waals surface area contributed by atoms with Crippen LogP contribution in [0.2, 0.25) is 0 Å². The summed E-state index contributed by atoms with van der Waals surface area (Å²) in [5.74, 6) is -2.55. The van der Waals surface area contributed by atoms with Crippen LogP contribution in [0.4, 0.5) is 0 Å². The van der Waals surface area contributed by atoms with Crippen LogP contribution < -0.4 is 0 Å². The number of carbonyl (C=O) groups is 5. The lowest BCUT2D eigenvalue weighted by molar-refractivity contribution is -0.152. The number of unbranched alkanes of at least 4 members (excludes halogenated alkanes) is 14. The summed E-state index contributed by atoms with van der Waals surface area (Å²) < 4.78 is 8.44. The van der Waals surface area contributed by atoms with Crippen molar-refractivity contribution >= 4 is 29.8 Å². The predicted octanol–water partition coefficient (Wildman–Crippen LogP) is 7.18. The van der Waals surface area contributed by atoms with E-state index in [-0.39, 0.29) is 12.8 Å². The van der Waals surface area contributed by atoms with E-state index < -0.39 is 29.8 Å². The number of cyclic esters (lactones) is 4. The minimum atomic E-state index is -0.653. The Labute approximate surface area is 226 Å². The van der Waals surface area contributed by atoms with Crippen molar-refractivity contribution in [2.75, 3.05) is 0 Å². The highest BCUT2D eigenvalue weighted by molar-refractivity contribution is 6.14. The number of carbonyl (C=O) groups excluding carboxylic acids is 4. The third-order valence-electron chi connectivity index (χ3n) is 6.31. The van der Waals surface area contributed by atoms with Crippen LogP contribution in [0, 0.1) is 0 Å². The zero-order valence-electron chi connectivity index (χ0n) is 22.8. The smallest absolute Gasteiger partial charge is 0.346 e. The molecule has 0 aromatic heterocycles.